The molecular weight excluding hydrogens is 955 g/mol. The first-order valence-electron chi connectivity index (χ1n) is 24.9. The van der Waals surface area contributed by atoms with Gasteiger partial charge in [-0.25, -0.2) is 0 Å². The first-order valence-corrected chi connectivity index (χ1v) is 24.9. The van der Waals surface area contributed by atoms with Crippen LogP contribution in [0.3, 0.4) is 0 Å². The van der Waals surface area contributed by atoms with Gasteiger partial charge in [-0.05, 0) is 62.1 Å². The lowest BCUT2D eigenvalue weighted by Gasteiger charge is -2.27. The molecule has 8 amide bonds. The van der Waals surface area contributed by atoms with Crippen LogP contribution in [0.5, 0.6) is 0 Å². The SMILES string of the molecule is CCCC[C@H](NC(C)=O)C(=O)N[C@H]1CCC(=O)NCC[C@@H](C(=O)N[C@@H](Cc2c[nH]c3ccccc23)C(N)=O)CC(=O)[C@H](CCCN=C(N)N)NC(=O)[C@@H](Cc2ccccc2)NC(=O)[C@H](CCCN=C(N)N)NC1=O. The van der Waals surface area contributed by atoms with Gasteiger partial charge in [-0.2, -0.15) is 0 Å². The molecule has 24 nitrogen and oxygen atoms in total. The zero-order valence-electron chi connectivity index (χ0n) is 42.1. The standard InChI is InChI=1S/C50H73N15O9/c1-3-4-15-36(60-29(2)66)45(71)63-38-19-20-42(68)56-24-21-31(44(70)64-39(43(51)69)26-32-28-59-34-16-9-8-14-33(32)34)27-41(67)35(17-10-22-57-49(52)53)61-48(74)40(25-30-12-6-5-7-13-30)65-46(72)37(62-47(38)73)18-11-23-58-50(54)55/h5-9,12-14,16,28,31,35-40,59H,3-4,10-11,15,17-27H2,1-2H3,(H2,51,69)(H,56,68)(H,60,66)(H,61,74)(H,62,73)(H,63,71)(H,64,70)(H,65,72)(H4,52,53,57)(H4,54,55,58)/t31-,35+,36+,37+,38+,39+,40-/m1/s1. The van der Waals surface area contributed by atoms with Gasteiger partial charge in [0.1, 0.15) is 30.2 Å². The molecule has 1 aliphatic heterocycles. The van der Waals surface area contributed by atoms with Crippen LogP contribution in [0.2, 0.25) is 0 Å². The largest absolute Gasteiger partial charge is 0.370 e. The van der Waals surface area contributed by atoms with Gasteiger partial charge in [0.25, 0.3) is 0 Å². The fraction of sp³-hybridized carbons (Fsp3) is 0.500. The number of guanidine groups is 2. The molecule has 24 heteroatoms. The molecule has 2 heterocycles. The summed E-state index contributed by atoms with van der Waals surface area (Å²) in [4.78, 5) is 136. The normalized spacial score (nSPS) is 20.1. The van der Waals surface area contributed by atoms with Gasteiger partial charge in [0, 0.05) is 75.3 Å². The summed E-state index contributed by atoms with van der Waals surface area (Å²) < 4.78 is 0. The van der Waals surface area contributed by atoms with Crippen molar-refractivity contribution in [1.29, 1.82) is 0 Å². The zero-order valence-corrected chi connectivity index (χ0v) is 42.1. The zero-order chi connectivity index (χ0) is 54.2. The minimum atomic E-state index is -1.43. The molecule has 0 bridgehead atoms. The molecule has 0 radical (unpaired) electrons. The van der Waals surface area contributed by atoms with Crippen LogP contribution in [0, 0.1) is 5.92 Å². The van der Waals surface area contributed by atoms with Crippen LogP contribution < -0.4 is 65.9 Å². The van der Waals surface area contributed by atoms with Crippen LogP contribution in [0.25, 0.3) is 10.9 Å². The molecule has 0 saturated carbocycles. The van der Waals surface area contributed by atoms with E-state index >= 15 is 0 Å². The van der Waals surface area contributed by atoms with Crippen molar-refractivity contribution in [2.24, 2.45) is 44.6 Å². The smallest absolute Gasteiger partial charge is 0.243 e. The molecule has 74 heavy (non-hydrogen) atoms. The number of aromatic nitrogens is 1. The number of nitrogens with two attached hydrogens (primary N) is 5. The second-order valence-electron chi connectivity index (χ2n) is 18.3. The maximum absolute atomic E-state index is 14.6. The molecule has 1 fully saturated rings. The summed E-state index contributed by atoms with van der Waals surface area (Å²) in [5.41, 5.74) is 30.2. The number of nitrogens with one attached hydrogen (secondary N) is 8. The Balaban J connectivity index is 1.76. The number of aliphatic imine (C=N–C) groups is 2. The van der Waals surface area contributed by atoms with E-state index in [1.165, 1.54) is 6.92 Å². The number of hydrogen-bond donors (Lipinski definition) is 13. The fourth-order valence-corrected chi connectivity index (χ4v) is 8.42. The van der Waals surface area contributed by atoms with Crippen LogP contribution in [-0.4, -0.2) is 126 Å². The highest BCUT2D eigenvalue weighted by molar-refractivity contribution is 5.98. The number of amides is 8. The van der Waals surface area contributed by atoms with Crippen molar-refractivity contribution >= 4 is 75.9 Å². The summed E-state index contributed by atoms with van der Waals surface area (Å²) in [5, 5.41) is 19.7. The summed E-state index contributed by atoms with van der Waals surface area (Å²) in [6, 6.07) is 8.42. The molecule has 402 valence electrons. The fourth-order valence-electron chi connectivity index (χ4n) is 8.42. The third kappa shape index (κ3) is 19.9. The number of para-hydroxylation sites is 1. The lowest BCUT2D eigenvalue weighted by atomic mass is 9.92. The number of hydrogen-bond acceptors (Lipinski definition) is 11. The number of carbonyl (C=O) groups excluding carboxylic acids is 9. The quantitative estimate of drug-likeness (QED) is 0.0330. The third-order valence-electron chi connectivity index (χ3n) is 12.4. The highest BCUT2D eigenvalue weighted by Gasteiger charge is 2.35. The number of carbonyl (C=O) groups is 9. The van der Waals surface area contributed by atoms with E-state index in [2.05, 4.69) is 52.2 Å². The Labute approximate surface area is 429 Å². The second-order valence-corrected chi connectivity index (χ2v) is 18.3. The molecule has 2 aromatic carbocycles. The van der Waals surface area contributed by atoms with E-state index in [-0.39, 0.29) is 95.8 Å². The van der Waals surface area contributed by atoms with Crippen LogP contribution in [-0.2, 0) is 56.0 Å². The number of aromatic amines is 1. The van der Waals surface area contributed by atoms with Gasteiger partial charge >= 0.3 is 0 Å². The molecule has 0 unspecified atom stereocenters. The molecule has 3 aromatic rings. The van der Waals surface area contributed by atoms with E-state index < -0.39 is 102 Å². The summed E-state index contributed by atoms with van der Waals surface area (Å²) in [6.45, 7) is 3.11. The van der Waals surface area contributed by atoms with E-state index in [0.717, 1.165) is 10.9 Å². The minimum absolute atomic E-state index is 0.00700. The predicted molar refractivity (Wildman–Crippen MR) is 278 cm³/mol. The van der Waals surface area contributed by atoms with Crippen molar-refractivity contribution in [2.45, 2.75) is 134 Å². The van der Waals surface area contributed by atoms with Gasteiger partial charge in [-0.3, -0.25) is 53.1 Å². The van der Waals surface area contributed by atoms with Crippen molar-refractivity contribution in [3.63, 3.8) is 0 Å². The second kappa shape index (κ2) is 30.1. The maximum atomic E-state index is 14.6. The lowest BCUT2D eigenvalue weighted by molar-refractivity contribution is -0.135. The van der Waals surface area contributed by atoms with Gasteiger partial charge in [-0.1, -0.05) is 68.3 Å². The van der Waals surface area contributed by atoms with E-state index in [1.54, 1.807) is 36.5 Å². The van der Waals surface area contributed by atoms with E-state index in [1.807, 2.05) is 31.2 Å². The summed E-state index contributed by atoms with van der Waals surface area (Å²) in [5.74, 6) is -8.01. The summed E-state index contributed by atoms with van der Waals surface area (Å²) >= 11 is 0. The van der Waals surface area contributed by atoms with Gasteiger partial charge in [0.15, 0.2) is 17.7 Å². The minimum Gasteiger partial charge on any atom is -0.370 e. The Morgan fingerprint density at radius 1 is 0.730 bits per heavy atom. The number of ketones is 1. The third-order valence-corrected chi connectivity index (χ3v) is 12.4. The number of fused-ring (bicyclic) bond motifs is 1. The molecule has 0 aliphatic carbocycles. The molecule has 0 spiro atoms. The van der Waals surface area contributed by atoms with Gasteiger partial charge < -0.3 is 70.9 Å². The van der Waals surface area contributed by atoms with Crippen molar-refractivity contribution in [1.82, 2.24) is 42.2 Å². The number of Topliss-reactive ketones (excluding diaryl/α,β-unsaturated/α-hetero) is 1. The van der Waals surface area contributed by atoms with E-state index in [4.69, 9.17) is 28.7 Å². The van der Waals surface area contributed by atoms with Crippen molar-refractivity contribution in [3.05, 3.63) is 71.9 Å². The first-order chi connectivity index (χ1) is 35.3. The monoisotopic (exact) mass is 1030 g/mol. The molecule has 1 aliphatic rings. The number of H-pyrrole nitrogens is 1. The van der Waals surface area contributed by atoms with Crippen LogP contribution in [0.4, 0.5) is 0 Å². The maximum Gasteiger partial charge on any atom is 0.243 e. The molecule has 7 atom stereocenters. The topological polar surface area (TPSA) is 408 Å². The Morgan fingerprint density at radius 3 is 2.00 bits per heavy atom. The highest BCUT2D eigenvalue weighted by Crippen LogP contribution is 2.21. The van der Waals surface area contributed by atoms with Crippen molar-refractivity contribution in [2.75, 3.05) is 19.6 Å². The summed E-state index contributed by atoms with van der Waals surface area (Å²) in [7, 11) is 0. The number of benzene rings is 2. The molecular formula is C50H73N15O9. The first kappa shape index (κ1) is 58.5. The van der Waals surface area contributed by atoms with E-state index in [0.29, 0.717) is 24.0 Å². The Bertz CT molecular complexity index is 2470. The van der Waals surface area contributed by atoms with Crippen molar-refractivity contribution in [3.8, 4) is 0 Å². The number of rotatable bonds is 21. The number of primary amides is 1. The number of unbranched alkanes of at least 4 members (excludes halogenated alkanes) is 1. The average molecular weight is 1030 g/mol. The van der Waals surface area contributed by atoms with E-state index in [9.17, 15) is 43.2 Å². The molecule has 18 N–H and O–H groups in total. The van der Waals surface area contributed by atoms with Gasteiger partial charge in [0.2, 0.25) is 47.3 Å². The predicted octanol–water partition coefficient (Wildman–Crippen LogP) is -1.46. The Morgan fingerprint density at radius 2 is 1.35 bits per heavy atom. The van der Waals surface area contributed by atoms with Crippen LogP contribution >= 0.6 is 0 Å². The van der Waals surface area contributed by atoms with Crippen LogP contribution in [0.1, 0.15) is 95.6 Å². The Kier molecular flexibility index (Phi) is 23.8. The molecule has 4 rings (SSSR count). The van der Waals surface area contributed by atoms with Gasteiger partial charge in [0.05, 0.1) is 6.04 Å². The average Bonchev–Trinajstić information content (AvgIpc) is 3.76. The highest BCUT2D eigenvalue weighted by atomic mass is 16.2. The van der Waals surface area contributed by atoms with Gasteiger partial charge in [-0.15, -0.1) is 0 Å². The molecule has 1 saturated heterocycles. The lowest BCUT2D eigenvalue weighted by Crippen LogP contribution is -2.59. The summed E-state index contributed by atoms with van der Waals surface area (Å²) in [6.07, 6.45) is 2.16. The number of nitrogens with zero attached hydrogens (tertiary/aromatic N) is 2. The van der Waals surface area contributed by atoms with Crippen LogP contribution in [0.15, 0.2) is 70.8 Å². The Hall–Kier alpha value is -8.05. The van der Waals surface area contributed by atoms with Crippen molar-refractivity contribution < 1.29 is 43.2 Å². The molecule has 1 aromatic heterocycles.